The Hall–Kier alpha value is -2.29. The second-order valence-corrected chi connectivity index (χ2v) is 6.20. The van der Waals surface area contributed by atoms with E-state index in [1.54, 1.807) is 0 Å². The zero-order valence-corrected chi connectivity index (χ0v) is 14.7. The van der Waals surface area contributed by atoms with Crippen LogP contribution in [-0.2, 0) is 20.6 Å². The summed E-state index contributed by atoms with van der Waals surface area (Å²) in [5.41, 5.74) is -1.14. The normalized spacial score (nSPS) is 15.0. The lowest BCUT2D eigenvalue weighted by atomic mass is 10.1. The molecule has 0 spiro atoms. The maximum atomic E-state index is 12.9. The average Bonchev–Trinajstić information content (AvgIpc) is 2.59. The number of anilines is 1. The molecule has 0 unspecified atom stereocenters. The van der Waals surface area contributed by atoms with E-state index in [0.717, 1.165) is 30.0 Å². The van der Waals surface area contributed by atoms with Crippen molar-refractivity contribution in [2.24, 2.45) is 0 Å². The maximum absolute atomic E-state index is 12.9. The second kappa shape index (κ2) is 7.94. The van der Waals surface area contributed by atoms with Crippen LogP contribution >= 0.6 is 11.6 Å². The van der Waals surface area contributed by atoms with Crippen molar-refractivity contribution in [3.63, 3.8) is 0 Å². The van der Waals surface area contributed by atoms with Crippen LogP contribution in [0.2, 0.25) is 5.02 Å². The van der Waals surface area contributed by atoms with Crippen molar-refractivity contribution in [1.29, 1.82) is 0 Å². The van der Waals surface area contributed by atoms with Gasteiger partial charge in [-0.25, -0.2) is 0 Å². The Morgan fingerprint density at radius 3 is 2.35 bits per heavy atom. The summed E-state index contributed by atoms with van der Waals surface area (Å²) in [6, 6.07) is 2.61. The minimum atomic E-state index is -4.60. The fourth-order valence-electron chi connectivity index (χ4n) is 2.57. The van der Waals surface area contributed by atoms with Crippen LogP contribution in [0, 0.1) is 0 Å². The molecule has 1 saturated heterocycles. The van der Waals surface area contributed by atoms with E-state index in [2.05, 4.69) is 0 Å². The van der Waals surface area contributed by atoms with E-state index in [9.17, 15) is 27.6 Å². The minimum absolute atomic E-state index is 0.0632. The third-order valence-electron chi connectivity index (χ3n) is 4.05. The molecule has 1 heterocycles. The molecule has 6 nitrogen and oxygen atoms in total. The van der Waals surface area contributed by atoms with E-state index >= 15 is 0 Å². The van der Waals surface area contributed by atoms with E-state index in [4.69, 9.17) is 11.6 Å². The topological polar surface area (TPSA) is 60.9 Å². The van der Waals surface area contributed by atoms with Gasteiger partial charge in [0.2, 0.25) is 18.2 Å². The van der Waals surface area contributed by atoms with E-state index in [1.807, 2.05) is 0 Å². The van der Waals surface area contributed by atoms with Gasteiger partial charge >= 0.3 is 6.18 Å². The molecular formula is C16H17ClF3N3O3. The monoisotopic (exact) mass is 391 g/mol. The molecule has 0 aliphatic carbocycles. The standard InChI is InChI=1S/C16H17ClF3N3O3/c1-11(25)23(9-15(26)22-6-4-21(10-24)5-7-22)14-8-12(16(18,19)20)2-3-13(14)17/h2-3,8,10H,4-7,9H2,1H3. The lowest BCUT2D eigenvalue weighted by Gasteiger charge is -2.34. The number of alkyl halides is 3. The predicted octanol–water partition coefficient (Wildman–Crippen LogP) is 2.01. The number of rotatable bonds is 4. The summed E-state index contributed by atoms with van der Waals surface area (Å²) in [6.07, 6.45) is -3.91. The van der Waals surface area contributed by atoms with Crippen LogP contribution < -0.4 is 4.90 Å². The van der Waals surface area contributed by atoms with Gasteiger partial charge < -0.3 is 14.7 Å². The van der Waals surface area contributed by atoms with Crippen LogP contribution in [0.1, 0.15) is 12.5 Å². The zero-order chi connectivity index (χ0) is 19.5. The first-order chi connectivity index (χ1) is 12.1. The van der Waals surface area contributed by atoms with E-state index in [-0.39, 0.29) is 10.7 Å². The van der Waals surface area contributed by atoms with Gasteiger partial charge in [-0.1, -0.05) is 11.6 Å². The van der Waals surface area contributed by atoms with Crippen LogP contribution in [0.15, 0.2) is 18.2 Å². The number of hydrogen-bond acceptors (Lipinski definition) is 3. The Balaban J connectivity index is 2.20. The molecule has 0 bridgehead atoms. The molecule has 1 aliphatic rings. The van der Waals surface area contributed by atoms with Gasteiger partial charge in [-0.3, -0.25) is 14.4 Å². The quantitative estimate of drug-likeness (QED) is 0.738. The molecule has 0 atom stereocenters. The Bertz CT molecular complexity index is 704. The van der Waals surface area contributed by atoms with E-state index in [0.29, 0.717) is 32.6 Å². The molecule has 2 rings (SSSR count). The average molecular weight is 392 g/mol. The molecule has 26 heavy (non-hydrogen) atoms. The minimum Gasteiger partial charge on any atom is -0.342 e. The lowest BCUT2D eigenvalue weighted by Crippen LogP contribution is -2.51. The Morgan fingerprint density at radius 2 is 1.85 bits per heavy atom. The number of carbonyl (C=O) groups is 3. The van der Waals surface area contributed by atoms with Crippen molar-refractivity contribution in [3.05, 3.63) is 28.8 Å². The molecule has 1 aromatic rings. The molecule has 0 aromatic heterocycles. The van der Waals surface area contributed by atoms with Crippen LogP contribution in [0.5, 0.6) is 0 Å². The van der Waals surface area contributed by atoms with Crippen molar-refractivity contribution < 1.29 is 27.6 Å². The first-order valence-corrected chi connectivity index (χ1v) is 8.13. The second-order valence-electron chi connectivity index (χ2n) is 5.79. The Morgan fingerprint density at radius 1 is 1.23 bits per heavy atom. The molecule has 0 radical (unpaired) electrons. The predicted molar refractivity (Wildman–Crippen MR) is 88.7 cm³/mol. The third-order valence-corrected chi connectivity index (χ3v) is 4.37. The summed E-state index contributed by atoms with van der Waals surface area (Å²) in [6.45, 7) is 2.02. The van der Waals surface area contributed by atoms with Gasteiger partial charge in [0.25, 0.3) is 0 Å². The van der Waals surface area contributed by atoms with Crippen molar-refractivity contribution in [2.45, 2.75) is 13.1 Å². The summed E-state index contributed by atoms with van der Waals surface area (Å²) in [5.74, 6) is -1.04. The van der Waals surface area contributed by atoms with Crippen LogP contribution in [0.4, 0.5) is 18.9 Å². The number of piperazine rings is 1. The maximum Gasteiger partial charge on any atom is 0.416 e. The Labute approximate surface area is 153 Å². The molecule has 0 saturated carbocycles. The van der Waals surface area contributed by atoms with Crippen molar-refractivity contribution in [2.75, 3.05) is 37.6 Å². The molecule has 10 heteroatoms. The lowest BCUT2D eigenvalue weighted by molar-refractivity contribution is -0.137. The van der Waals surface area contributed by atoms with Crippen molar-refractivity contribution in [1.82, 2.24) is 9.80 Å². The van der Waals surface area contributed by atoms with Crippen LogP contribution in [0.3, 0.4) is 0 Å². The SMILES string of the molecule is CC(=O)N(CC(=O)N1CCN(C=O)CC1)c1cc(C(F)(F)F)ccc1Cl. The van der Waals surface area contributed by atoms with Crippen LogP contribution in [-0.4, -0.2) is 60.7 Å². The van der Waals surface area contributed by atoms with Crippen LogP contribution in [0.25, 0.3) is 0 Å². The number of nitrogens with zero attached hydrogens (tertiary/aromatic N) is 3. The number of hydrogen-bond donors (Lipinski definition) is 0. The van der Waals surface area contributed by atoms with Crippen molar-refractivity contribution >= 4 is 35.5 Å². The summed E-state index contributed by atoms with van der Waals surface area (Å²) >= 11 is 5.96. The van der Waals surface area contributed by atoms with Gasteiger partial charge in [0.1, 0.15) is 6.54 Å². The summed E-state index contributed by atoms with van der Waals surface area (Å²) in [4.78, 5) is 39.0. The fraction of sp³-hybridized carbons (Fsp3) is 0.438. The smallest absolute Gasteiger partial charge is 0.342 e. The number of carbonyl (C=O) groups excluding carboxylic acids is 3. The first kappa shape index (κ1) is 20.0. The molecule has 1 aromatic carbocycles. The van der Waals surface area contributed by atoms with Gasteiger partial charge in [0.15, 0.2) is 0 Å². The highest BCUT2D eigenvalue weighted by Crippen LogP contribution is 2.35. The third kappa shape index (κ3) is 4.66. The molecule has 1 aliphatic heterocycles. The van der Waals surface area contributed by atoms with Gasteiger partial charge in [-0.15, -0.1) is 0 Å². The molecule has 0 N–H and O–H groups in total. The first-order valence-electron chi connectivity index (χ1n) is 7.75. The number of benzene rings is 1. The summed E-state index contributed by atoms with van der Waals surface area (Å²) in [5, 5.41) is -0.0632. The fourth-order valence-corrected chi connectivity index (χ4v) is 2.79. The molecular weight excluding hydrogens is 375 g/mol. The number of amides is 3. The highest BCUT2D eigenvalue weighted by molar-refractivity contribution is 6.34. The van der Waals surface area contributed by atoms with Gasteiger partial charge in [0, 0.05) is 33.1 Å². The molecule has 142 valence electrons. The number of halogens is 4. The van der Waals surface area contributed by atoms with E-state index < -0.39 is 30.1 Å². The van der Waals surface area contributed by atoms with E-state index in [1.165, 1.54) is 9.80 Å². The Kier molecular flexibility index (Phi) is 6.12. The van der Waals surface area contributed by atoms with Crippen molar-refractivity contribution in [3.8, 4) is 0 Å². The molecule has 3 amide bonds. The highest BCUT2D eigenvalue weighted by Gasteiger charge is 2.32. The summed E-state index contributed by atoms with van der Waals surface area (Å²) < 4.78 is 38.8. The summed E-state index contributed by atoms with van der Waals surface area (Å²) in [7, 11) is 0. The van der Waals surface area contributed by atoms with Gasteiger partial charge in [0.05, 0.1) is 16.3 Å². The zero-order valence-electron chi connectivity index (χ0n) is 13.9. The largest absolute Gasteiger partial charge is 0.416 e. The van der Waals surface area contributed by atoms with Gasteiger partial charge in [-0.05, 0) is 18.2 Å². The molecule has 1 fully saturated rings. The van der Waals surface area contributed by atoms with Gasteiger partial charge in [-0.2, -0.15) is 13.2 Å². The highest BCUT2D eigenvalue weighted by atomic mass is 35.5.